The summed E-state index contributed by atoms with van der Waals surface area (Å²) in [6, 6.07) is 1.79. The molecular formula is C19H25N5O3. The van der Waals surface area contributed by atoms with Gasteiger partial charge in [0.1, 0.15) is 6.10 Å². The zero-order valence-electron chi connectivity index (χ0n) is 15.9. The molecule has 0 aliphatic carbocycles. The molecule has 0 radical (unpaired) electrons. The number of nitrogens with one attached hydrogen (secondary N) is 1. The molecule has 1 N–H and O–H groups in total. The third-order valence-corrected chi connectivity index (χ3v) is 5.55. The van der Waals surface area contributed by atoms with E-state index in [0.29, 0.717) is 30.8 Å². The van der Waals surface area contributed by atoms with Crippen molar-refractivity contribution in [3.63, 3.8) is 0 Å². The van der Waals surface area contributed by atoms with Crippen LogP contribution >= 0.6 is 0 Å². The van der Waals surface area contributed by atoms with Crippen molar-refractivity contribution in [1.82, 2.24) is 25.0 Å². The molecule has 2 fully saturated rings. The second kappa shape index (κ2) is 6.92. The second-order valence-corrected chi connectivity index (χ2v) is 7.59. The molecule has 4 rings (SSSR count). The van der Waals surface area contributed by atoms with Crippen LogP contribution in [0.5, 0.6) is 0 Å². The molecular weight excluding hydrogens is 346 g/mol. The molecule has 4 heterocycles. The van der Waals surface area contributed by atoms with Gasteiger partial charge in [0.05, 0.1) is 11.7 Å². The smallest absolute Gasteiger partial charge is 0.255 e. The van der Waals surface area contributed by atoms with Crippen LogP contribution in [0.4, 0.5) is 0 Å². The summed E-state index contributed by atoms with van der Waals surface area (Å²) in [5, 5.41) is 7.84. The number of amides is 2. The summed E-state index contributed by atoms with van der Waals surface area (Å²) in [5.41, 5.74) is 2.05. The average Bonchev–Trinajstić information content (AvgIpc) is 3.26. The third-order valence-electron chi connectivity index (χ3n) is 5.55. The molecule has 2 aromatic rings. The van der Waals surface area contributed by atoms with E-state index >= 15 is 0 Å². The summed E-state index contributed by atoms with van der Waals surface area (Å²) in [7, 11) is 0. The van der Waals surface area contributed by atoms with Crippen molar-refractivity contribution in [2.24, 2.45) is 0 Å². The maximum absolute atomic E-state index is 12.9. The van der Waals surface area contributed by atoms with Crippen molar-refractivity contribution >= 4 is 22.8 Å². The highest BCUT2D eigenvalue weighted by atomic mass is 16.5. The number of rotatable bonds is 2. The fourth-order valence-electron chi connectivity index (χ4n) is 3.96. The van der Waals surface area contributed by atoms with Gasteiger partial charge in [0.25, 0.3) is 11.8 Å². The lowest BCUT2D eigenvalue weighted by molar-refractivity contribution is -0.146. The Labute approximate surface area is 157 Å². The maximum Gasteiger partial charge on any atom is 0.255 e. The van der Waals surface area contributed by atoms with Crippen LogP contribution in [0.1, 0.15) is 42.7 Å². The number of aromatic amines is 1. The lowest BCUT2D eigenvalue weighted by Gasteiger charge is -2.40. The van der Waals surface area contributed by atoms with Crippen molar-refractivity contribution in [3.05, 3.63) is 23.5 Å². The number of nitrogens with zero attached hydrogens (tertiary/aromatic N) is 4. The molecule has 0 aromatic carbocycles. The molecule has 2 saturated heterocycles. The van der Waals surface area contributed by atoms with Crippen LogP contribution < -0.4 is 0 Å². The van der Waals surface area contributed by atoms with Gasteiger partial charge in [-0.2, -0.15) is 5.10 Å². The molecule has 2 amide bonds. The van der Waals surface area contributed by atoms with Gasteiger partial charge in [0.15, 0.2) is 5.65 Å². The summed E-state index contributed by atoms with van der Waals surface area (Å²) in [6.07, 6.45) is 3.08. The van der Waals surface area contributed by atoms with Gasteiger partial charge in [-0.05, 0) is 39.7 Å². The number of ether oxygens (including phenoxy) is 1. The Hall–Kier alpha value is -2.48. The number of hydrogen-bond donors (Lipinski definition) is 1. The number of hydrogen-bond acceptors (Lipinski definition) is 5. The van der Waals surface area contributed by atoms with Crippen LogP contribution in [-0.4, -0.2) is 74.7 Å². The van der Waals surface area contributed by atoms with Crippen LogP contribution in [0.3, 0.4) is 0 Å². The Balaban J connectivity index is 1.44. The highest BCUT2D eigenvalue weighted by Gasteiger charge is 2.36. The highest BCUT2D eigenvalue weighted by Crippen LogP contribution is 2.23. The molecule has 0 spiro atoms. The number of aromatic nitrogens is 3. The largest absolute Gasteiger partial charge is 0.365 e. The number of carbonyl (C=O) groups is 2. The molecule has 0 saturated carbocycles. The Kier molecular flexibility index (Phi) is 4.59. The van der Waals surface area contributed by atoms with E-state index in [2.05, 4.69) is 15.2 Å². The molecule has 27 heavy (non-hydrogen) atoms. The van der Waals surface area contributed by atoms with E-state index in [1.54, 1.807) is 11.1 Å². The summed E-state index contributed by atoms with van der Waals surface area (Å²) in [5.74, 6) is -0.00857. The number of carbonyl (C=O) groups excluding carboxylic acids is 2. The first-order valence-electron chi connectivity index (χ1n) is 9.50. The summed E-state index contributed by atoms with van der Waals surface area (Å²) in [6.45, 7) is 7.44. The zero-order chi connectivity index (χ0) is 19.1. The number of H-pyrrole nitrogens is 1. The summed E-state index contributed by atoms with van der Waals surface area (Å²) in [4.78, 5) is 33.6. The average molecular weight is 371 g/mol. The van der Waals surface area contributed by atoms with Crippen LogP contribution in [0.2, 0.25) is 0 Å². The standard InChI is InChI=1S/C19H25N5O3/c1-11-10-23(6-7-24(11)19(26)16-5-4-12(2)27-16)18(25)14-8-15-13(3)21-22-17(15)20-9-14/h8-9,11-12,16H,4-7,10H2,1-3H3,(H,20,21,22)/t11-,12+,16+/m0/s1. The molecule has 8 heteroatoms. The highest BCUT2D eigenvalue weighted by molar-refractivity contribution is 5.97. The van der Waals surface area contributed by atoms with Gasteiger partial charge in [-0.1, -0.05) is 0 Å². The Bertz CT molecular complexity index is 879. The van der Waals surface area contributed by atoms with Crippen molar-refractivity contribution in [3.8, 4) is 0 Å². The van der Waals surface area contributed by atoms with Crippen molar-refractivity contribution in [2.75, 3.05) is 19.6 Å². The Morgan fingerprint density at radius 2 is 2.07 bits per heavy atom. The van der Waals surface area contributed by atoms with Gasteiger partial charge in [-0.25, -0.2) is 4.98 Å². The molecule has 2 aliphatic rings. The molecule has 2 aromatic heterocycles. The monoisotopic (exact) mass is 371 g/mol. The van der Waals surface area contributed by atoms with Crippen molar-refractivity contribution in [2.45, 2.75) is 51.9 Å². The van der Waals surface area contributed by atoms with Crippen LogP contribution in [0, 0.1) is 6.92 Å². The van der Waals surface area contributed by atoms with Gasteiger partial charge in [0.2, 0.25) is 0 Å². The minimum Gasteiger partial charge on any atom is -0.365 e. The van der Waals surface area contributed by atoms with Gasteiger partial charge >= 0.3 is 0 Å². The molecule has 0 bridgehead atoms. The Morgan fingerprint density at radius 1 is 1.26 bits per heavy atom. The normalized spacial score (nSPS) is 26.0. The number of pyridine rings is 1. The lowest BCUT2D eigenvalue weighted by Crippen LogP contribution is -2.57. The first-order chi connectivity index (χ1) is 12.9. The predicted molar refractivity (Wildman–Crippen MR) is 99.3 cm³/mol. The van der Waals surface area contributed by atoms with E-state index in [1.165, 1.54) is 0 Å². The van der Waals surface area contributed by atoms with Crippen LogP contribution in [-0.2, 0) is 9.53 Å². The molecule has 3 atom stereocenters. The van der Waals surface area contributed by atoms with E-state index in [4.69, 9.17) is 4.74 Å². The van der Waals surface area contributed by atoms with Crippen molar-refractivity contribution < 1.29 is 14.3 Å². The molecule has 144 valence electrons. The van der Waals surface area contributed by atoms with Gasteiger partial charge < -0.3 is 14.5 Å². The van der Waals surface area contributed by atoms with Gasteiger partial charge in [-0.3, -0.25) is 14.7 Å². The van der Waals surface area contributed by atoms with Crippen LogP contribution in [0.25, 0.3) is 11.0 Å². The topological polar surface area (TPSA) is 91.4 Å². The number of aryl methyl sites for hydroxylation is 1. The van der Waals surface area contributed by atoms with E-state index in [-0.39, 0.29) is 30.1 Å². The zero-order valence-corrected chi connectivity index (χ0v) is 15.9. The third kappa shape index (κ3) is 3.29. The summed E-state index contributed by atoms with van der Waals surface area (Å²) >= 11 is 0. The Morgan fingerprint density at radius 3 is 2.78 bits per heavy atom. The SMILES string of the molecule is Cc1[nH]nc2ncc(C(=O)N3CCN(C(=O)[C@H]4CC[C@@H](C)O4)[C@@H](C)C3)cc12. The van der Waals surface area contributed by atoms with Crippen molar-refractivity contribution in [1.29, 1.82) is 0 Å². The maximum atomic E-state index is 12.9. The predicted octanol–water partition coefficient (Wildman–Crippen LogP) is 1.51. The number of fused-ring (bicyclic) bond motifs is 1. The molecule has 8 nitrogen and oxygen atoms in total. The second-order valence-electron chi connectivity index (χ2n) is 7.59. The minimum atomic E-state index is -0.333. The van der Waals surface area contributed by atoms with Gasteiger partial charge in [-0.15, -0.1) is 0 Å². The summed E-state index contributed by atoms with van der Waals surface area (Å²) < 4.78 is 5.72. The first-order valence-corrected chi connectivity index (χ1v) is 9.50. The molecule has 2 aliphatic heterocycles. The molecule has 0 unspecified atom stereocenters. The van der Waals surface area contributed by atoms with E-state index in [1.807, 2.05) is 31.7 Å². The van der Waals surface area contributed by atoms with Crippen LogP contribution in [0.15, 0.2) is 12.3 Å². The van der Waals surface area contributed by atoms with Gasteiger partial charge in [0, 0.05) is 43.0 Å². The first kappa shape index (κ1) is 17.9. The minimum absolute atomic E-state index is 0.0398. The quantitative estimate of drug-likeness (QED) is 0.864. The van der Waals surface area contributed by atoms with E-state index < -0.39 is 0 Å². The lowest BCUT2D eigenvalue weighted by atomic mass is 10.1. The van der Waals surface area contributed by atoms with E-state index in [0.717, 1.165) is 23.9 Å². The number of piperazine rings is 1. The fourth-order valence-corrected chi connectivity index (χ4v) is 3.96. The van der Waals surface area contributed by atoms with E-state index in [9.17, 15) is 9.59 Å². The fraction of sp³-hybridized carbons (Fsp3) is 0.579.